The summed E-state index contributed by atoms with van der Waals surface area (Å²) in [6.45, 7) is 4.49. The number of alkyl halides is 3. The number of ketones is 1. The predicted octanol–water partition coefficient (Wildman–Crippen LogP) is 6.87. The molecule has 0 amide bonds. The Morgan fingerprint density at radius 2 is 1.98 bits per heavy atom. The molecule has 0 bridgehead atoms. The normalized spacial score (nSPS) is 33.9. The van der Waals surface area contributed by atoms with Gasteiger partial charge in [-0.25, -0.2) is 4.68 Å². The third kappa shape index (κ3) is 5.19. The van der Waals surface area contributed by atoms with Crippen molar-refractivity contribution in [2.75, 3.05) is 13.7 Å². The van der Waals surface area contributed by atoms with Crippen LogP contribution in [0.3, 0.4) is 0 Å². The zero-order valence-electron chi connectivity index (χ0n) is 23.6. The number of halogens is 4. The lowest BCUT2D eigenvalue weighted by atomic mass is 9.50. The summed E-state index contributed by atoms with van der Waals surface area (Å²) in [6.07, 6.45) is 0.0658. The van der Waals surface area contributed by atoms with E-state index in [4.69, 9.17) is 16.3 Å². The van der Waals surface area contributed by atoms with Gasteiger partial charge in [-0.05, 0) is 105 Å². The zero-order chi connectivity index (χ0) is 28.9. The number of ether oxygens (including phenoxy) is 1. The molecule has 3 saturated carbocycles. The molecule has 40 heavy (non-hydrogen) atoms. The van der Waals surface area contributed by atoms with E-state index in [-0.39, 0.29) is 60.7 Å². The average molecular weight is 584 g/mol. The van der Waals surface area contributed by atoms with Crippen LogP contribution in [0.5, 0.6) is 0 Å². The Hall–Kier alpha value is -1.71. The van der Waals surface area contributed by atoms with Gasteiger partial charge >= 0.3 is 6.18 Å². The number of hydrogen-bond acceptors (Lipinski definition) is 5. The molecule has 8 atom stereocenters. The molecule has 1 unspecified atom stereocenters. The molecule has 10 heteroatoms. The van der Waals surface area contributed by atoms with Crippen molar-refractivity contribution in [1.29, 1.82) is 0 Å². The molecule has 0 spiro atoms. The molecule has 2 aromatic rings. The van der Waals surface area contributed by atoms with Gasteiger partial charge in [0.2, 0.25) is 0 Å². The highest BCUT2D eigenvalue weighted by Gasteiger charge is 2.60. The number of benzene rings is 1. The molecule has 0 aliphatic heterocycles. The van der Waals surface area contributed by atoms with Gasteiger partial charge in [-0.15, -0.1) is 5.10 Å². The third-order valence-corrected chi connectivity index (χ3v) is 11.1. The number of carbonyl (C=O) groups is 1. The number of fused-ring (bicyclic) bond motifs is 4. The summed E-state index contributed by atoms with van der Waals surface area (Å²) in [5, 5.41) is 19.7. The number of hydrogen-bond donors (Lipinski definition) is 1. The Kier molecular flexibility index (Phi) is 8.32. The fraction of sp³-hybridized carbons (Fsp3) is 0.767. The van der Waals surface area contributed by atoms with Crippen molar-refractivity contribution in [3.05, 3.63) is 23.2 Å². The van der Waals surface area contributed by atoms with Crippen LogP contribution < -0.4 is 0 Å². The Bertz CT molecular complexity index is 1220. The fourth-order valence-corrected chi connectivity index (χ4v) is 9.15. The second-order valence-electron chi connectivity index (χ2n) is 12.9. The van der Waals surface area contributed by atoms with E-state index in [9.17, 15) is 23.1 Å². The van der Waals surface area contributed by atoms with Crippen LogP contribution in [0, 0.1) is 40.9 Å². The number of aromatic nitrogens is 3. The summed E-state index contributed by atoms with van der Waals surface area (Å²) in [5.74, 6) is 0.743. The van der Waals surface area contributed by atoms with Crippen molar-refractivity contribution in [2.45, 2.75) is 90.0 Å². The zero-order valence-corrected chi connectivity index (χ0v) is 24.3. The number of methoxy groups -OCH3 is 1. The van der Waals surface area contributed by atoms with E-state index in [2.05, 4.69) is 17.2 Å². The molecule has 0 radical (unpaired) electrons. The van der Waals surface area contributed by atoms with Crippen LogP contribution in [-0.4, -0.2) is 51.4 Å². The number of nitrogens with zero attached hydrogens (tertiary/aromatic N) is 3. The first-order valence-corrected chi connectivity index (χ1v) is 15.1. The molecule has 1 aromatic carbocycles. The van der Waals surface area contributed by atoms with Crippen LogP contribution in [0.15, 0.2) is 18.2 Å². The molecule has 222 valence electrons. The standard InChI is InChI=1S/C30H41ClF3N3O3/c1-4-12-29(39,30(32,33)34)15-18-5-7-21-20(22(18)17-40-3)11-13-28(2)23(21)8-9-24(28)27(38)16-37-26-14-19(31)6-10-25(26)35-36-37/h6,10,14,18,20-24,39H,4-5,7-9,11-13,15-17H2,1-3H3/t18-,20+,21-,22-,23+,24-,28+,29?/m1/s1. The highest BCUT2D eigenvalue weighted by Crippen LogP contribution is 2.64. The van der Waals surface area contributed by atoms with Crippen LogP contribution in [0.4, 0.5) is 13.2 Å². The van der Waals surface area contributed by atoms with Gasteiger partial charge < -0.3 is 9.84 Å². The van der Waals surface area contributed by atoms with Crippen LogP contribution in [0.2, 0.25) is 5.02 Å². The van der Waals surface area contributed by atoms with E-state index >= 15 is 0 Å². The first kappa shape index (κ1) is 29.8. The molecular formula is C30H41ClF3N3O3. The van der Waals surface area contributed by atoms with Gasteiger partial charge in [-0.3, -0.25) is 4.79 Å². The summed E-state index contributed by atoms with van der Waals surface area (Å²) in [4.78, 5) is 13.7. The molecule has 6 nitrogen and oxygen atoms in total. The van der Waals surface area contributed by atoms with E-state index in [1.165, 1.54) is 0 Å². The monoisotopic (exact) mass is 583 g/mol. The van der Waals surface area contributed by atoms with Crippen molar-refractivity contribution in [3.8, 4) is 0 Å². The summed E-state index contributed by atoms with van der Waals surface area (Å²) in [5.41, 5.74) is -1.36. The van der Waals surface area contributed by atoms with Crippen molar-refractivity contribution in [3.63, 3.8) is 0 Å². The van der Waals surface area contributed by atoms with Crippen molar-refractivity contribution in [2.24, 2.45) is 40.9 Å². The largest absolute Gasteiger partial charge is 0.417 e. The average Bonchev–Trinajstić information content (AvgIpc) is 3.45. The van der Waals surface area contributed by atoms with Crippen LogP contribution in [-0.2, 0) is 16.1 Å². The van der Waals surface area contributed by atoms with Gasteiger partial charge in [0.25, 0.3) is 0 Å². The van der Waals surface area contributed by atoms with E-state index < -0.39 is 11.8 Å². The minimum Gasteiger partial charge on any atom is -0.384 e. The maximum absolute atomic E-state index is 13.9. The van der Waals surface area contributed by atoms with Gasteiger partial charge in [0.05, 0.1) is 5.52 Å². The summed E-state index contributed by atoms with van der Waals surface area (Å²) in [6, 6.07) is 5.33. The third-order valence-electron chi connectivity index (χ3n) is 10.8. The molecule has 1 aromatic heterocycles. The Balaban J connectivity index is 1.33. The minimum atomic E-state index is -4.65. The first-order valence-electron chi connectivity index (χ1n) is 14.7. The minimum absolute atomic E-state index is 0.0277. The second-order valence-corrected chi connectivity index (χ2v) is 13.3. The van der Waals surface area contributed by atoms with E-state index in [1.807, 2.05) is 0 Å². The van der Waals surface area contributed by atoms with E-state index in [1.54, 1.807) is 36.9 Å². The van der Waals surface area contributed by atoms with Crippen LogP contribution >= 0.6 is 11.6 Å². The summed E-state index contributed by atoms with van der Waals surface area (Å²) < 4.78 is 49.1. The molecule has 3 aliphatic rings. The summed E-state index contributed by atoms with van der Waals surface area (Å²) >= 11 is 6.17. The van der Waals surface area contributed by atoms with E-state index in [0.717, 1.165) is 37.6 Å². The second kappa shape index (κ2) is 11.2. The van der Waals surface area contributed by atoms with Crippen molar-refractivity contribution >= 4 is 28.4 Å². The molecule has 3 aliphatic carbocycles. The molecule has 1 N–H and O–H groups in total. The van der Waals surface area contributed by atoms with Gasteiger partial charge in [0.1, 0.15) is 12.1 Å². The molecule has 1 heterocycles. The Morgan fingerprint density at radius 1 is 1.20 bits per heavy atom. The molecular weight excluding hydrogens is 543 g/mol. The first-order chi connectivity index (χ1) is 18.9. The molecule has 3 fully saturated rings. The predicted molar refractivity (Wildman–Crippen MR) is 147 cm³/mol. The van der Waals surface area contributed by atoms with E-state index in [0.29, 0.717) is 35.4 Å². The fourth-order valence-electron chi connectivity index (χ4n) is 8.99. The lowest BCUT2D eigenvalue weighted by Gasteiger charge is -2.55. The lowest BCUT2D eigenvalue weighted by Crippen LogP contribution is -2.52. The maximum atomic E-state index is 13.9. The SMILES string of the molecule is CCCC(O)(C[C@H]1CC[C@@H]2[C@H](CC[C@]3(C)[C@@H](C(=O)Cn4nnc5ccc(Cl)cc54)CC[C@@H]23)[C@@H]1COC)C(F)(F)F. The van der Waals surface area contributed by atoms with Crippen molar-refractivity contribution < 1.29 is 27.8 Å². The van der Waals surface area contributed by atoms with Gasteiger partial charge in [-0.1, -0.05) is 37.1 Å². The van der Waals surface area contributed by atoms with Gasteiger partial charge in [-0.2, -0.15) is 13.2 Å². The maximum Gasteiger partial charge on any atom is 0.417 e. The Morgan fingerprint density at radius 3 is 2.67 bits per heavy atom. The number of aliphatic hydroxyl groups is 1. The lowest BCUT2D eigenvalue weighted by molar-refractivity contribution is -0.272. The van der Waals surface area contributed by atoms with Crippen LogP contribution in [0.25, 0.3) is 11.0 Å². The quantitative estimate of drug-likeness (QED) is 0.349. The van der Waals surface area contributed by atoms with Gasteiger partial charge in [0, 0.05) is 24.7 Å². The van der Waals surface area contributed by atoms with Gasteiger partial charge in [0.15, 0.2) is 11.4 Å². The Labute approximate surface area is 239 Å². The number of Topliss-reactive ketones (excluding diaryl/α,β-unsaturated/α-hetero) is 1. The number of carbonyl (C=O) groups excluding carboxylic acids is 1. The van der Waals surface area contributed by atoms with Crippen LogP contribution in [0.1, 0.15) is 71.6 Å². The molecule has 0 saturated heterocycles. The van der Waals surface area contributed by atoms with Crippen molar-refractivity contribution in [1.82, 2.24) is 15.0 Å². The smallest absolute Gasteiger partial charge is 0.384 e. The topological polar surface area (TPSA) is 77.2 Å². The molecule has 5 rings (SSSR count). The highest BCUT2D eigenvalue weighted by molar-refractivity contribution is 6.31. The number of rotatable bonds is 9. The highest BCUT2D eigenvalue weighted by atomic mass is 35.5. The summed E-state index contributed by atoms with van der Waals surface area (Å²) in [7, 11) is 1.61.